The highest BCUT2D eigenvalue weighted by Crippen LogP contribution is 2.15. The van der Waals surface area contributed by atoms with Crippen molar-refractivity contribution in [1.82, 2.24) is 20.8 Å². The van der Waals surface area contributed by atoms with Crippen molar-refractivity contribution < 1.29 is 9.32 Å². The molecule has 0 aliphatic carbocycles. The summed E-state index contributed by atoms with van der Waals surface area (Å²) in [5.74, 6) is 1.84. The first-order valence-electron chi connectivity index (χ1n) is 5.94. The van der Waals surface area contributed by atoms with Gasteiger partial charge in [-0.1, -0.05) is 12.1 Å². The van der Waals surface area contributed by atoms with Crippen molar-refractivity contribution in [2.75, 3.05) is 19.6 Å². The van der Waals surface area contributed by atoms with Gasteiger partial charge in [0.15, 0.2) is 5.82 Å². The normalized spacial score (nSPS) is 17.5. The van der Waals surface area contributed by atoms with E-state index in [1.807, 2.05) is 6.92 Å². The molecule has 94 valence electrons. The van der Waals surface area contributed by atoms with Crippen LogP contribution in [-0.2, 0) is 11.2 Å². The Balaban J connectivity index is 1.69. The number of nitrogens with one attached hydrogen (secondary N) is 2. The van der Waals surface area contributed by atoms with Gasteiger partial charge in [-0.05, 0) is 25.9 Å². The Labute approximate surface area is 100 Å². The maximum Gasteiger partial charge on any atom is 0.228 e. The molecule has 2 rings (SSSR count). The predicted molar refractivity (Wildman–Crippen MR) is 61.3 cm³/mol. The summed E-state index contributed by atoms with van der Waals surface area (Å²) >= 11 is 0. The third-order valence-electron chi connectivity index (χ3n) is 3.14. The number of aryl methyl sites for hydroxylation is 1. The zero-order valence-corrected chi connectivity index (χ0v) is 10.2. The summed E-state index contributed by atoms with van der Waals surface area (Å²) in [6.45, 7) is 6.18. The van der Waals surface area contributed by atoms with E-state index in [9.17, 15) is 4.79 Å². The van der Waals surface area contributed by atoms with Gasteiger partial charge >= 0.3 is 0 Å². The molecule has 1 atom stereocenters. The molecule has 0 aromatic carbocycles. The van der Waals surface area contributed by atoms with Crippen LogP contribution >= 0.6 is 0 Å². The fourth-order valence-corrected chi connectivity index (χ4v) is 1.77. The average Bonchev–Trinajstić information content (AvgIpc) is 2.61. The molecule has 1 saturated heterocycles. The summed E-state index contributed by atoms with van der Waals surface area (Å²) in [6.07, 6.45) is 0.586. The molecule has 2 heterocycles. The summed E-state index contributed by atoms with van der Waals surface area (Å²) in [6, 6.07) is 0. The van der Waals surface area contributed by atoms with Crippen LogP contribution in [0.4, 0.5) is 0 Å². The highest BCUT2D eigenvalue weighted by atomic mass is 16.5. The van der Waals surface area contributed by atoms with E-state index in [0.29, 0.717) is 30.6 Å². The maximum atomic E-state index is 11.8. The first-order chi connectivity index (χ1) is 8.16. The van der Waals surface area contributed by atoms with Crippen molar-refractivity contribution in [2.24, 2.45) is 11.8 Å². The fourth-order valence-electron chi connectivity index (χ4n) is 1.77. The van der Waals surface area contributed by atoms with Crippen LogP contribution < -0.4 is 10.6 Å². The summed E-state index contributed by atoms with van der Waals surface area (Å²) in [5.41, 5.74) is 0. The second-order valence-corrected chi connectivity index (χ2v) is 4.48. The Morgan fingerprint density at radius 3 is 2.94 bits per heavy atom. The van der Waals surface area contributed by atoms with Gasteiger partial charge in [-0.15, -0.1) is 0 Å². The summed E-state index contributed by atoms with van der Waals surface area (Å²) in [4.78, 5) is 15.8. The van der Waals surface area contributed by atoms with Crippen molar-refractivity contribution >= 4 is 5.91 Å². The largest absolute Gasteiger partial charge is 0.355 e. The number of rotatable bonds is 5. The molecule has 1 aliphatic rings. The van der Waals surface area contributed by atoms with Gasteiger partial charge in [0.2, 0.25) is 11.8 Å². The number of aromatic nitrogens is 2. The molecule has 1 aromatic rings. The van der Waals surface area contributed by atoms with Crippen LogP contribution in [0.3, 0.4) is 0 Å². The molecular weight excluding hydrogens is 220 g/mol. The third-order valence-corrected chi connectivity index (χ3v) is 3.14. The van der Waals surface area contributed by atoms with E-state index >= 15 is 0 Å². The van der Waals surface area contributed by atoms with E-state index in [2.05, 4.69) is 20.8 Å². The maximum absolute atomic E-state index is 11.8. The van der Waals surface area contributed by atoms with E-state index in [-0.39, 0.29) is 11.8 Å². The van der Waals surface area contributed by atoms with Crippen molar-refractivity contribution in [3.8, 4) is 0 Å². The topological polar surface area (TPSA) is 80.0 Å². The van der Waals surface area contributed by atoms with E-state index in [1.54, 1.807) is 6.92 Å². The van der Waals surface area contributed by atoms with Gasteiger partial charge in [-0.25, -0.2) is 0 Å². The van der Waals surface area contributed by atoms with Gasteiger partial charge in [-0.2, -0.15) is 4.98 Å². The molecule has 1 aromatic heterocycles. The van der Waals surface area contributed by atoms with Gasteiger partial charge in [0, 0.05) is 18.9 Å². The quantitative estimate of drug-likeness (QED) is 0.748. The first kappa shape index (κ1) is 12.0. The van der Waals surface area contributed by atoms with Gasteiger partial charge in [0.1, 0.15) is 0 Å². The fraction of sp³-hybridized carbons (Fsp3) is 0.727. The van der Waals surface area contributed by atoms with Crippen LogP contribution in [-0.4, -0.2) is 35.7 Å². The SMILES string of the molecule is Cc1noc(CCNC(=O)C(C)C2CNC2)n1. The van der Waals surface area contributed by atoms with Crippen LogP contribution in [0.1, 0.15) is 18.6 Å². The number of hydrogen-bond donors (Lipinski definition) is 2. The van der Waals surface area contributed by atoms with Gasteiger partial charge < -0.3 is 15.2 Å². The number of amides is 1. The van der Waals surface area contributed by atoms with Gasteiger partial charge in [-0.3, -0.25) is 4.79 Å². The van der Waals surface area contributed by atoms with Crippen molar-refractivity contribution in [3.05, 3.63) is 11.7 Å². The second kappa shape index (κ2) is 5.27. The molecule has 0 spiro atoms. The Hall–Kier alpha value is -1.43. The zero-order valence-electron chi connectivity index (χ0n) is 10.2. The lowest BCUT2D eigenvalue weighted by Crippen LogP contribution is -2.49. The lowest BCUT2D eigenvalue weighted by atomic mass is 9.88. The van der Waals surface area contributed by atoms with Crippen LogP contribution in [0.5, 0.6) is 0 Å². The van der Waals surface area contributed by atoms with Gasteiger partial charge in [0.05, 0.1) is 0 Å². The van der Waals surface area contributed by atoms with Crippen molar-refractivity contribution in [3.63, 3.8) is 0 Å². The molecule has 0 radical (unpaired) electrons. The first-order valence-corrected chi connectivity index (χ1v) is 5.94. The number of carbonyl (C=O) groups excluding carboxylic acids is 1. The van der Waals surface area contributed by atoms with Crippen molar-refractivity contribution in [2.45, 2.75) is 20.3 Å². The average molecular weight is 238 g/mol. The predicted octanol–water partition coefficient (Wildman–Crippen LogP) is -0.108. The number of carbonyl (C=O) groups is 1. The van der Waals surface area contributed by atoms with E-state index in [4.69, 9.17) is 4.52 Å². The Kier molecular flexibility index (Phi) is 3.73. The second-order valence-electron chi connectivity index (χ2n) is 4.48. The lowest BCUT2D eigenvalue weighted by molar-refractivity contribution is -0.126. The molecule has 17 heavy (non-hydrogen) atoms. The third kappa shape index (κ3) is 3.03. The monoisotopic (exact) mass is 238 g/mol. The molecule has 1 unspecified atom stereocenters. The summed E-state index contributed by atoms with van der Waals surface area (Å²) < 4.78 is 4.96. The molecule has 1 amide bonds. The van der Waals surface area contributed by atoms with E-state index in [0.717, 1.165) is 13.1 Å². The van der Waals surface area contributed by atoms with Crippen molar-refractivity contribution in [1.29, 1.82) is 0 Å². The highest BCUT2D eigenvalue weighted by molar-refractivity contribution is 5.78. The summed E-state index contributed by atoms with van der Waals surface area (Å²) in [5, 5.41) is 9.76. The molecule has 0 saturated carbocycles. The summed E-state index contributed by atoms with van der Waals surface area (Å²) in [7, 11) is 0. The minimum absolute atomic E-state index is 0.0701. The zero-order chi connectivity index (χ0) is 12.3. The van der Waals surface area contributed by atoms with Crippen LogP contribution in [0.2, 0.25) is 0 Å². The standard InChI is InChI=1S/C11H18N4O2/c1-7(9-5-12-6-9)11(16)13-4-3-10-14-8(2)15-17-10/h7,9,12H,3-6H2,1-2H3,(H,13,16). The molecule has 2 N–H and O–H groups in total. The molecule has 1 fully saturated rings. The highest BCUT2D eigenvalue weighted by Gasteiger charge is 2.28. The lowest BCUT2D eigenvalue weighted by Gasteiger charge is -2.31. The van der Waals surface area contributed by atoms with Crippen LogP contribution in [0.15, 0.2) is 4.52 Å². The molecule has 0 bridgehead atoms. The Morgan fingerprint density at radius 1 is 1.65 bits per heavy atom. The Bertz CT molecular complexity index is 387. The minimum atomic E-state index is 0.0701. The molecule has 1 aliphatic heterocycles. The minimum Gasteiger partial charge on any atom is -0.355 e. The number of nitrogens with zero attached hydrogens (tertiary/aromatic N) is 2. The van der Waals surface area contributed by atoms with Crippen LogP contribution in [0, 0.1) is 18.8 Å². The Morgan fingerprint density at radius 2 is 2.41 bits per heavy atom. The van der Waals surface area contributed by atoms with Gasteiger partial charge in [0.25, 0.3) is 0 Å². The van der Waals surface area contributed by atoms with E-state index in [1.165, 1.54) is 0 Å². The smallest absolute Gasteiger partial charge is 0.228 e. The molecule has 6 heteroatoms. The van der Waals surface area contributed by atoms with E-state index < -0.39 is 0 Å². The molecular formula is C11H18N4O2. The number of hydrogen-bond acceptors (Lipinski definition) is 5. The molecule has 6 nitrogen and oxygen atoms in total. The van der Waals surface area contributed by atoms with Crippen LogP contribution in [0.25, 0.3) is 0 Å².